The van der Waals surface area contributed by atoms with Gasteiger partial charge in [0.25, 0.3) is 0 Å². The van der Waals surface area contributed by atoms with E-state index in [0.29, 0.717) is 12.1 Å². The van der Waals surface area contributed by atoms with Crippen LogP contribution in [0, 0.1) is 5.92 Å². The van der Waals surface area contributed by atoms with Crippen LogP contribution in [0.3, 0.4) is 0 Å². The van der Waals surface area contributed by atoms with Crippen molar-refractivity contribution < 1.29 is 4.74 Å². The van der Waals surface area contributed by atoms with Crippen LogP contribution in [-0.2, 0) is 0 Å². The Morgan fingerprint density at radius 1 is 1.21 bits per heavy atom. The zero-order valence-electron chi connectivity index (χ0n) is 12.5. The fourth-order valence-electron chi connectivity index (χ4n) is 2.58. The van der Waals surface area contributed by atoms with Crippen molar-refractivity contribution in [1.82, 2.24) is 5.32 Å². The molecule has 1 aromatic carbocycles. The molecule has 2 nitrogen and oxygen atoms in total. The van der Waals surface area contributed by atoms with Gasteiger partial charge in [-0.2, -0.15) is 0 Å². The third-order valence-electron chi connectivity index (χ3n) is 3.98. The molecule has 0 aromatic heterocycles. The summed E-state index contributed by atoms with van der Waals surface area (Å²) in [6, 6.07) is 9.56. The number of hydrogen-bond acceptors (Lipinski definition) is 2. The smallest absolute Gasteiger partial charge is 0.119 e. The second kappa shape index (κ2) is 6.95. The van der Waals surface area contributed by atoms with E-state index in [1.54, 1.807) is 0 Å². The van der Waals surface area contributed by atoms with E-state index in [1.165, 1.54) is 31.2 Å². The fraction of sp³-hybridized carbons (Fsp3) is 0.647. The summed E-state index contributed by atoms with van der Waals surface area (Å²) in [6.45, 7) is 7.28. The van der Waals surface area contributed by atoms with E-state index in [0.717, 1.165) is 18.3 Å². The molecule has 19 heavy (non-hydrogen) atoms. The van der Waals surface area contributed by atoms with E-state index in [2.05, 4.69) is 43.4 Å². The van der Waals surface area contributed by atoms with Gasteiger partial charge in [0.2, 0.25) is 0 Å². The first-order valence-electron chi connectivity index (χ1n) is 7.71. The minimum absolute atomic E-state index is 0.416. The summed E-state index contributed by atoms with van der Waals surface area (Å²) in [7, 11) is 0. The summed E-state index contributed by atoms with van der Waals surface area (Å²) >= 11 is 0. The maximum atomic E-state index is 5.48. The molecular weight excluding hydrogens is 234 g/mol. The van der Waals surface area contributed by atoms with E-state index in [1.807, 2.05) is 6.92 Å². The minimum atomic E-state index is 0.416. The number of hydrogen-bond donors (Lipinski definition) is 1. The first kappa shape index (κ1) is 14.4. The number of nitrogens with one attached hydrogen (secondary N) is 1. The Bertz CT molecular complexity index is 369. The first-order chi connectivity index (χ1) is 9.22. The van der Waals surface area contributed by atoms with Crippen LogP contribution in [0.25, 0.3) is 0 Å². The summed E-state index contributed by atoms with van der Waals surface area (Å²) in [5.41, 5.74) is 1.35. The van der Waals surface area contributed by atoms with Crippen LogP contribution in [0.1, 0.15) is 58.1 Å². The van der Waals surface area contributed by atoms with Crippen LogP contribution in [-0.4, -0.2) is 12.6 Å². The van der Waals surface area contributed by atoms with Crippen molar-refractivity contribution >= 4 is 0 Å². The Morgan fingerprint density at radius 3 is 2.42 bits per heavy atom. The molecule has 0 spiro atoms. The highest BCUT2D eigenvalue weighted by molar-refractivity contribution is 5.29. The first-order valence-corrected chi connectivity index (χ1v) is 7.71. The van der Waals surface area contributed by atoms with Crippen molar-refractivity contribution in [2.75, 3.05) is 6.61 Å². The predicted octanol–water partition coefficient (Wildman–Crippen LogP) is 4.31. The van der Waals surface area contributed by atoms with Crippen LogP contribution in [0.2, 0.25) is 0 Å². The second-order valence-electron chi connectivity index (χ2n) is 5.67. The highest BCUT2D eigenvalue weighted by Gasteiger charge is 2.25. The predicted molar refractivity (Wildman–Crippen MR) is 80.6 cm³/mol. The van der Waals surface area contributed by atoms with E-state index in [9.17, 15) is 0 Å². The van der Waals surface area contributed by atoms with Crippen molar-refractivity contribution in [3.8, 4) is 5.75 Å². The van der Waals surface area contributed by atoms with E-state index >= 15 is 0 Å². The normalized spacial score (nSPS) is 18.1. The van der Waals surface area contributed by atoms with Gasteiger partial charge in [0.05, 0.1) is 6.61 Å². The Balaban J connectivity index is 1.88. The molecule has 0 amide bonds. The van der Waals surface area contributed by atoms with Crippen molar-refractivity contribution in [2.45, 2.75) is 58.5 Å². The van der Waals surface area contributed by atoms with Crippen LogP contribution >= 0.6 is 0 Å². The van der Waals surface area contributed by atoms with Crippen molar-refractivity contribution in [3.63, 3.8) is 0 Å². The van der Waals surface area contributed by atoms with Gasteiger partial charge in [0.1, 0.15) is 5.75 Å². The lowest BCUT2D eigenvalue weighted by Gasteiger charge is -2.22. The average Bonchev–Trinajstić information content (AvgIpc) is 3.23. The van der Waals surface area contributed by atoms with Crippen molar-refractivity contribution in [3.05, 3.63) is 29.8 Å². The van der Waals surface area contributed by atoms with Gasteiger partial charge in [-0.25, -0.2) is 0 Å². The molecule has 106 valence electrons. The van der Waals surface area contributed by atoms with Gasteiger partial charge in [-0.05, 0) is 50.3 Å². The third-order valence-corrected chi connectivity index (χ3v) is 3.98. The maximum absolute atomic E-state index is 5.48. The molecule has 2 rings (SSSR count). The largest absolute Gasteiger partial charge is 0.494 e. The zero-order valence-corrected chi connectivity index (χ0v) is 12.5. The molecule has 1 fully saturated rings. The van der Waals surface area contributed by atoms with Crippen LogP contribution in [0.15, 0.2) is 24.3 Å². The van der Waals surface area contributed by atoms with Gasteiger partial charge < -0.3 is 10.1 Å². The summed E-state index contributed by atoms with van der Waals surface area (Å²) < 4.78 is 5.48. The highest BCUT2D eigenvalue weighted by Crippen LogP contribution is 2.34. The molecule has 2 atom stereocenters. The van der Waals surface area contributed by atoms with E-state index < -0.39 is 0 Å². The summed E-state index contributed by atoms with van der Waals surface area (Å²) in [6.07, 6.45) is 5.45. The summed E-state index contributed by atoms with van der Waals surface area (Å²) in [5.74, 6) is 1.95. The lowest BCUT2D eigenvalue weighted by Crippen LogP contribution is -2.31. The molecule has 1 saturated carbocycles. The van der Waals surface area contributed by atoms with Gasteiger partial charge in [-0.15, -0.1) is 0 Å². The van der Waals surface area contributed by atoms with Gasteiger partial charge >= 0.3 is 0 Å². The molecule has 0 radical (unpaired) electrons. The Hall–Kier alpha value is -1.02. The zero-order chi connectivity index (χ0) is 13.7. The molecular formula is C17H27NO. The van der Waals surface area contributed by atoms with Crippen LogP contribution < -0.4 is 10.1 Å². The minimum Gasteiger partial charge on any atom is -0.494 e. The SMILES string of the molecule is CCOc1ccc(C(C)NC(CC)CC2CC2)cc1. The summed E-state index contributed by atoms with van der Waals surface area (Å²) in [4.78, 5) is 0. The maximum Gasteiger partial charge on any atom is 0.119 e. The number of rotatable bonds is 8. The highest BCUT2D eigenvalue weighted by atomic mass is 16.5. The van der Waals surface area contributed by atoms with Gasteiger partial charge in [0, 0.05) is 12.1 Å². The molecule has 1 N–H and O–H groups in total. The molecule has 0 heterocycles. The molecule has 2 unspecified atom stereocenters. The lowest BCUT2D eigenvalue weighted by molar-refractivity contribution is 0.340. The van der Waals surface area contributed by atoms with E-state index in [4.69, 9.17) is 4.74 Å². The van der Waals surface area contributed by atoms with Crippen LogP contribution in [0.5, 0.6) is 5.75 Å². The Morgan fingerprint density at radius 2 is 1.89 bits per heavy atom. The van der Waals surface area contributed by atoms with Crippen LogP contribution in [0.4, 0.5) is 0 Å². The molecule has 1 aliphatic rings. The Labute approximate surface area is 117 Å². The third kappa shape index (κ3) is 4.54. The Kier molecular flexibility index (Phi) is 5.26. The average molecular weight is 261 g/mol. The molecule has 0 aliphatic heterocycles. The number of benzene rings is 1. The quantitative estimate of drug-likeness (QED) is 0.752. The molecule has 1 aromatic rings. The topological polar surface area (TPSA) is 21.3 Å². The van der Waals surface area contributed by atoms with Gasteiger partial charge in [-0.3, -0.25) is 0 Å². The molecule has 1 aliphatic carbocycles. The fourth-order valence-corrected chi connectivity index (χ4v) is 2.58. The molecule has 0 bridgehead atoms. The standard InChI is InChI=1S/C17H27NO/c1-4-16(12-14-6-7-14)18-13(3)15-8-10-17(11-9-15)19-5-2/h8-11,13-14,16,18H,4-7,12H2,1-3H3. The number of ether oxygens (including phenoxy) is 1. The van der Waals surface area contributed by atoms with Gasteiger partial charge in [-0.1, -0.05) is 31.9 Å². The summed E-state index contributed by atoms with van der Waals surface area (Å²) in [5, 5.41) is 3.76. The molecule has 2 heteroatoms. The monoisotopic (exact) mass is 261 g/mol. The second-order valence-corrected chi connectivity index (χ2v) is 5.67. The van der Waals surface area contributed by atoms with E-state index in [-0.39, 0.29) is 0 Å². The van der Waals surface area contributed by atoms with Crippen molar-refractivity contribution in [2.24, 2.45) is 5.92 Å². The van der Waals surface area contributed by atoms with Gasteiger partial charge in [0.15, 0.2) is 0 Å². The van der Waals surface area contributed by atoms with Crippen molar-refractivity contribution in [1.29, 1.82) is 0 Å². The molecule has 0 saturated heterocycles. The lowest BCUT2D eigenvalue weighted by atomic mass is 10.0.